The lowest BCUT2D eigenvalue weighted by atomic mass is 10.4. The SMILES string of the molecule is C.Clc1ccccc1.N. The summed E-state index contributed by atoms with van der Waals surface area (Å²) in [5.74, 6) is 0. The average molecular weight is 146 g/mol. The molecule has 0 aliphatic heterocycles. The number of benzene rings is 1. The van der Waals surface area contributed by atoms with Gasteiger partial charge in [-0.25, -0.2) is 0 Å². The topological polar surface area (TPSA) is 35.0 Å². The fourth-order valence-corrected chi connectivity index (χ4v) is 0.560. The first-order valence-electron chi connectivity index (χ1n) is 2.10. The van der Waals surface area contributed by atoms with Crippen LogP contribution in [0.15, 0.2) is 30.3 Å². The Bertz CT molecular complexity index is 139. The third-order valence-corrected chi connectivity index (χ3v) is 0.985. The fourth-order valence-electron chi connectivity index (χ4n) is 0.415. The minimum atomic E-state index is 0. The zero-order valence-corrected chi connectivity index (χ0v) is 5.23. The zero-order chi connectivity index (χ0) is 5.11. The minimum Gasteiger partial charge on any atom is -0.344 e. The molecule has 0 saturated heterocycles. The Morgan fingerprint density at radius 1 is 1.00 bits per heavy atom. The summed E-state index contributed by atoms with van der Waals surface area (Å²) in [5.41, 5.74) is 0. The van der Waals surface area contributed by atoms with Crippen molar-refractivity contribution < 1.29 is 0 Å². The predicted molar refractivity (Wildman–Crippen MR) is 43.2 cm³/mol. The van der Waals surface area contributed by atoms with Gasteiger partial charge in [0.1, 0.15) is 0 Å². The van der Waals surface area contributed by atoms with Crippen molar-refractivity contribution in [3.63, 3.8) is 0 Å². The van der Waals surface area contributed by atoms with Gasteiger partial charge >= 0.3 is 0 Å². The Labute approximate surface area is 61.2 Å². The van der Waals surface area contributed by atoms with E-state index >= 15 is 0 Å². The first kappa shape index (κ1) is 11.3. The van der Waals surface area contributed by atoms with E-state index in [0.29, 0.717) is 0 Å². The van der Waals surface area contributed by atoms with Gasteiger partial charge in [0.2, 0.25) is 0 Å². The lowest BCUT2D eigenvalue weighted by Gasteiger charge is -1.80. The largest absolute Gasteiger partial charge is 0.344 e. The Balaban J connectivity index is 0. The molecule has 1 nitrogen and oxygen atoms in total. The molecule has 0 radical (unpaired) electrons. The van der Waals surface area contributed by atoms with E-state index in [2.05, 4.69) is 0 Å². The second-order valence-corrected chi connectivity index (χ2v) is 1.73. The summed E-state index contributed by atoms with van der Waals surface area (Å²) < 4.78 is 0. The second-order valence-electron chi connectivity index (χ2n) is 1.30. The maximum absolute atomic E-state index is 5.54. The van der Waals surface area contributed by atoms with E-state index in [9.17, 15) is 0 Å². The molecule has 9 heavy (non-hydrogen) atoms. The third kappa shape index (κ3) is 4.01. The van der Waals surface area contributed by atoms with Crippen LogP contribution in [0.5, 0.6) is 0 Å². The third-order valence-electron chi connectivity index (χ3n) is 0.733. The normalized spacial score (nSPS) is 6.78. The molecule has 1 aromatic rings. The summed E-state index contributed by atoms with van der Waals surface area (Å²) in [6, 6.07) is 9.44. The monoisotopic (exact) mass is 145 g/mol. The zero-order valence-electron chi connectivity index (χ0n) is 4.47. The van der Waals surface area contributed by atoms with E-state index in [1.807, 2.05) is 30.3 Å². The van der Waals surface area contributed by atoms with Crippen LogP contribution in [0.2, 0.25) is 5.02 Å². The van der Waals surface area contributed by atoms with Crippen molar-refractivity contribution in [3.05, 3.63) is 35.4 Å². The smallest absolute Gasteiger partial charge is 0.0405 e. The fraction of sp³-hybridized carbons (Fsp3) is 0.143. The molecule has 2 heteroatoms. The number of hydrogen-bond acceptors (Lipinski definition) is 1. The summed E-state index contributed by atoms with van der Waals surface area (Å²) >= 11 is 5.54. The first-order chi connectivity index (χ1) is 3.39. The molecule has 0 saturated carbocycles. The number of rotatable bonds is 0. The van der Waals surface area contributed by atoms with Gasteiger partial charge in [0.15, 0.2) is 0 Å². The van der Waals surface area contributed by atoms with Crippen LogP contribution in [0.25, 0.3) is 0 Å². The number of hydrogen-bond donors (Lipinski definition) is 1. The quantitative estimate of drug-likeness (QED) is 0.598. The van der Waals surface area contributed by atoms with Gasteiger partial charge in [-0.05, 0) is 12.1 Å². The molecule has 3 N–H and O–H groups in total. The highest BCUT2D eigenvalue weighted by atomic mass is 35.5. The highest BCUT2D eigenvalue weighted by molar-refractivity contribution is 6.30. The Hall–Kier alpha value is -0.530. The highest BCUT2D eigenvalue weighted by Gasteiger charge is 1.74. The molecule has 0 bridgehead atoms. The van der Waals surface area contributed by atoms with E-state index in [1.165, 1.54) is 0 Å². The molecule has 0 aromatic heterocycles. The molecule has 0 aliphatic carbocycles. The first-order valence-corrected chi connectivity index (χ1v) is 2.48. The Morgan fingerprint density at radius 3 is 1.67 bits per heavy atom. The lowest BCUT2D eigenvalue weighted by molar-refractivity contribution is 1.71. The van der Waals surface area contributed by atoms with Gasteiger partial charge in [-0.3, -0.25) is 0 Å². The molecule has 1 rings (SSSR count). The molecule has 0 heterocycles. The maximum atomic E-state index is 5.54. The van der Waals surface area contributed by atoms with Crippen LogP contribution >= 0.6 is 11.6 Å². The van der Waals surface area contributed by atoms with Crippen molar-refractivity contribution in [1.82, 2.24) is 6.15 Å². The van der Waals surface area contributed by atoms with Crippen LogP contribution in [-0.4, -0.2) is 0 Å². The van der Waals surface area contributed by atoms with Crippen molar-refractivity contribution in [3.8, 4) is 0 Å². The van der Waals surface area contributed by atoms with E-state index in [1.54, 1.807) is 0 Å². The van der Waals surface area contributed by atoms with Crippen molar-refractivity contribution in [1.29, 1.82) is 0 Å². The highest BCUT2D eigenvalue weighted by Crippen LogP contribution is 2.03. The standard InChI is InChI=1S/C6H5Cl.CH4.H3N/c7-6-4-2-1-3-5-6;;/h1-5H;1H4;1H3. The predicted octanol–water partition coefficient (Wildman–Crippen LogP) is 3.14. The van der Waals surface area contributed by atoms with Crippen molar-refractivity contribution >= 4 is 11.6 Å². The van der Waals surface area contributed by atoms with Crippen molar-refractivity contribution in [2.75, 3.05) is 0 Å². The molecule has 0 amide bonds. The second kappa shape index (κ2) is 5.60. The maximum Gasteiger partial charge on any atom is 0.0405 e. The molecule has 0 fully saturated rings. The molecular formula is C7H12ClN. The van der Waals surface area contributed by atoms with Gasteiger partial charge in [-0.2, -0.15) is 0 Å². The molecule has 0 atom stereocenters. The molecule has 0 aliphatic rings. The van der Waals surface area contributed by atoms with E-state index in [4.69, 9.17) is 11.6 Å². The van der Waals surface area contributed by atoms with Crippen LogP contribution in [0, 0.1) is 0 Å². The van der Waals surface area contributed by atoms with Gasteiger partial charge in [0, 0.05) is 5.02 Å². The Morgan fingerprint density at radius 2 is 1.44 bits per heavy atom. The average Bonchev–Trinajstić information content (AvgIpc) is 1.69. The minimum absolute atomic E-state index is 0. The van der Waals surface area contributed by atoms with Crippen LogP contribution in [0.1, 0.15) is 7.43 Å². The van der Waals surface area contributed by atoms with Gasteiger partial charge in [-0.15, -0.1) is 0 Å². The van der Waals surface area contributed by atoms with Gasteiger partial charge < -0.3 is 6.15 Å². The summed E-state index contributed by atoms with van der Waals surface area (Å²) in [4.78, 5) is 0. The van der Waals surface area contributed by atoms with Crippen LogP contribution in [-0.2, 0) is 0 Å². The molecule has 52 valence electrons. The van der Waals surface area contributed by atoms with Gasteiger partial charge in [0.25, 0.3) is 0 Å². The van der Waals surface area contributed by atoms with E-state index in [-0.39, 0.29) is 13.6 Å². The summed E-state index contributed by atoms with van der Waals surface area (Å²) in [5, 5.41) is 0.794. The summed E-state index contributed by atoms with van der Waals surface area (Å²) in [6.07, 6.45) is 0. The van der Waals surface area contributed by atoms with E-state index in [0.717, 1.165) is 5.02 Å². The van der Waals surface area contributed by atoms with Gasteiger partial charge in [-0.1, -0.05) is 37.2 Å². The summed E-state index contributed by atoms with van der Waals surface area (Å²) in [7, 11) is 0. The summed E-state index contributed by atoms with van der Waals surface area (Å²) in [6.45, 7) is 0. The van der Waals surface area contributed by atoms with E-state index < -0.39 is 0 Å². The van der Waals surface area contributed by atoms with Crippen molar-refractivity contribution in [2.24, 2.45) is 0 Å². The lowest BCUT2D eigenvalue weighted by Crippen LogP contribution is -1.55. The number of halogens is 1. The van der Waals surface area contributed by atoms with Gasteiger partial charge in [0.05, 0.1) is 0 Å². The molecule has 0 unspecified atom stereocenters. The van der Waals surface area contributed by atoms with Crippen LogP contribution in [0.3, 0.4) is 0 Å². The Kier molecular flexibility index (Phi) is 7.03. The van der Waals surface area contributed by atoms with Crippen molar-refractivity contribution in [2.45, 2.75) is 7.43 Å². The van der Waals surface area contributed by atoms with Crippen LogP contribution in [0.4, 0.5) is 0 Å². The molecule has 1 aromatic carbocycles. The van der Waals surface area contributed by atoms with Crippen LogP contribution < -0.4 is 6.15 Å². The molecular weight excluding hydrogens is 134 g/mol. The molecule has 0 spiro atoms.